The Kier molecular flexibility index (Phi) is 5.52. The molecule has 0 fully saturated rings. The maximum atomic E-state index is 12.4. The zero-order valence-corrected chi connectivity index (χ0v) is 16.0. The van der Waals surface area contributed by atoms with Gasteiger partial charge in [-0.2, -0.15) is 4.99 Å². The van der Waals surface area contributed by atoms with Crippen molar-refractivity contribution in [3.05, 3.63) is 56.1 Å². The summed E-state index contributed by atoms with van der Waals surface area (Å²) in [5.41, 5.74) is 3.19. The zero-order valence-electron chi connectivity index (χ0n) is 15.2. The van der Waals surface area contributed by atoms with Crippen molar-refractivity contribution in [3.8, 4) is 0 Å². The Morgan fingerprint density at radius 1 is 1.37 bits per heavy atom. The van der Waals surface area contributed by atoms with E-state index in [-0.39, 0.29) is 5.76 Å². The van der Waals surface area contributed by atoms with E-state index in [4.69, 9.17) is 9.15 Å². The van der Waals surface area contributed by atoms with Crippen LogP contribution in [0.15, 0.2) is 33.7 Å². The Balaban J connectivity index is 2.09. The number of hydrogen-bond acceptors (Lipinski definition) is 6. The molecule has 0 atom stereocenters. The summed E-state index contributed by atoms with van der Waals surface area (Å²) in [5.74, 6) is -1.31. The third-order valence-electron chi connectivity index (χ3n) is 3.96. The predicted octanol–water partition coefficient (Wildman–Crippen LogP) is 3.60. The first-order valence-corrected chi connectivity index (χ1v) is 9.24. The van der Waals surface area contributed by atoms with Crippen LogP contribution in [0, 0.1) is 24.0 Å². The van der Waals surface area contributed by atoms with Gasteiger partial charge in [-0.1, -0.05) is 17.4 Å². The van der Waals surface area contributed by atoms with Gasteiger partial charge in [-0.15, -0.1) is 0 Å². The summed E-state index contributed by atoms with van der Waals surface area (Å²) in [5, 5.41) is 10.7. The lowest BCUT2D eigenvalue weighted by Gasteiger charge is -2.06. The molecule has 0 N–H and O–H groups in total. The first-order chi connectivity index (χ1) is 12.9. The highest BCUT2D eigenvalue weighted by atomic mass is 32.1. The molecular formula is C18H19N3O5S. The van der Waals surface area contributed by atoms with Crippen molar-refractivity contribution in [2.75, 3.05) is 13.2 Å². The lowest BCUT2D eigenvalue weighted by atomic mass is 10.1. The van der Waals surface area contributed by atoms with E-state index in [1.54, 1.807) is 0 Å². The molecule has 142 valence electrons. The molecule has 2 heterocycles. The van der Waals surface area contributed by atoms with Crippen LogP contribution in [0.3, 0.4) is 0 Å². The van der Waals surface area contributed by atoms with Gasteiger partial charge in [0, 0.05) is 13.2 Å². The molecule has 0 unspecified atom stereocenters. The average Bonchev–Trinajstić information content (AvgIpc) is 3.22. The van der Waals surface area contributed by atoms with E-state index in [0.29, 0.717) is 24.6 Å². The molecular weight excluding hydrogens is 370 g/mol. The van der Waals surface area contributed by atoms with Gasteiger partial charge in [0.1, 0.15) is 4.92 Å². The highest BCUT2D eigenvalue weighted by Gasteiger charge is 2.18. The van der Waals surface area contributed by atoms with Crippen molar-refractivity contribution in [1.29, 1.82) is 0 Å². The number of aryl methyl sites for hydroxylation is 2. The second-order valence-corrected chi connectivity index (χ2v) is 6.95. The molecule has 9 heteroatoms. The van der Waals surface area contributed by atoms with Crippen molar-refractivity contribution in [2.24, 2.45) is 4.99 Å². The van der Waals surface area contributed by atoms with Crippen molar-refractivity contribution >= 4 is 33.3 Å². The van der Waals surface area contributed by atoms with E-state index in [9.17, 15) is 14.9 Å². The smallest absolute Gasteiger partial charge is 0.395 e. The van der Waals surface area contributed by atoms with Crippen molar-refractivity contribution in [3.63, 3.8) is 0 Å². The first kappa shape index (κ1) is 19.0. The summed E-state index contributed by atoms with van der Waals surface area (Å²) in [6, 6.07) is 6.53. The molecule has 2 aromatic heterocycles. The topological polar surface area (TPSA) is 99.9 Å². The summed E-state index contributed by atoms with van der Waals surface area (Å²) in [7, 11) is 0. The molecule has 0 aliphatic rings. The zero-order chi connectivity index (χ0) is 19.6. The van der Waals surface area contributed by atoms with Crippen LogP contribution in [0.4, 0.5) is 5.88 Å². The minimum atomic E-state index is -0.690. The lowest BCUT2D eigenvalue weighted by Crippen LogP contribution is -2.19. The Labute approximate surface area is 158 Å². The third-order valence-corrected chi connectivity index (χ3v) is 5.19. The van der Waals surface area contributed by atoms with E-state index in [0.717, 1.165) is 27.4 Å². The summed E-state index contributed by atoms with van der Waals surface area (Å²) < 4.78 is 13.4. The van der Waals surface area contributed by atoms with Gasteiger partial charge < -0.3 is 13.7 Å². The van der Waals surface area contributed by atoms with Gasteiger partial charge in [0.15, 0.2) is 4.80 Å². The molecule has 27 heavy (non-hydrogen) atoms. The largest absolute Gasteiger partial charge is 0.433 e. The van der Waals surface area contributed by atoms with Gasteiger partial charge in [0.05, 0.1) is 22.9 Å². The standard InChI is InChI=1S/C18H19N3O5S/c1-4-25-8-7-20-13-10-11(2)9-12(3)16(13)27-18(20)19-17(22)14-5-6-15(26-14)21(23)24/h5-6,9-10H,4,7-8H2,1-3H3. The molecule has 0 aliphatic carbocycles. The number of nitrogens with zero attached hydrogens (tertiary/aromatic N) is 3. The number of aromatic nitrogens is 1. The number of amides is 1. The maximum absolute atomic E-state index is 12.4. The summed E-state index contributed by atoms with van der Waals surface area (Å²) in [6.07, 6.45) is 0. The van der Waals surface area contributed by atoms with Gasteiger partial charge in [-0.25, -0.2) is 0 Å². The van der Waals surface area contributed by atoms with E-state index in [2.05, 4.69) is 11.1 Å². The molecule has 0 radical (unpaired) electrons. The van der Waals surface area contributed by atoms with Crippen molar-refractivity contribution in [2.45, 2.75) is 27.3 Å². The number of furan rings is 1. The number of fused-ring (bicyclic) bond motifs is 1. The second-order valence-electron chi connectivity index (χ2n) is 5.98. The number of ether oxygens (including phenoxy) is 1. The highest BCUT2D eigenvalue weighted by Crippen LogP contribution is 2.24. The van der Waals surface area contributed by atoms with Crippen LogP contribution in [-0.2, 0) is 11.3 Å². The quantitative estimate of drug-likeness (QED) is 0.364. The SMILES string of the molecule is CCOCCn1c(=NC(=O)c2ccc([N+](=O)[O-])o2)sc2c(C)cc(C)cc21. The number of rotatable bonds is 6. The van der Waals surface area contributed by atoms with Crippen LogP contribution < -0.4 is 4.80 Å². The number of carbonyl (C=O) groups is 1. The number of benzene rings is 1. The van der Waals surface area contributed by atoms with Gasteiger partial charge >= 0.3 is 11.8 Å². The second kappa shape index (κ2) is 7.85. The molecule has 0 bridgehead atoms. The molecule has 3 rings (SSSR count). The number of nitro groups is 1. The average molecular weight is 389 g/mol. The van der Waals surface area contributed by atoms with Crippen LogP contribution in [0.1, 0.15) is 28.6 Å². The minimum absolute atomic E-state index is 0.164. The molecule has 0 saturated carbocycles. The molecule has 1 aromatic carbocycles. The first-order valence-electron chi connectivity index (χ1n) is 8.42. The van der Waals surface area contributed by atoms with Crippen molar-refractivity contribution < 1.29 is 18.9 Å². The number of carbonyl (C=O) groups excluding carboxylic acids is 1. The lowest BCUT2D eigenvalue weighted by molar-refractivity contribution is -0.402. The van der Waals surface area contributed by atoms with Crippen LogP contribution in [0.5, 0.6) is 0 Å². The third kappa shape index (κ3) is 3.99. The van der Waals surface area contributed by atoms with Gasteiger partial charge in [0.25, 0.3) is 0 Å². The van der Waals surface area contributed by atoms with E-state index in [1.165, 1.54) is 17.4 Å². The van der Waals surface area contributed by atoms with Crippen LogP contribution in [0.2, 0.25) is 0 Å². The Morgan fingerprint density at radius 2 is 2.15 bits per heavy atom. The molecule has 3 aromatic rings. The minimum Gasteiger partial charge on any atom is -0.395 e. The summed E-state index contributed by atoms with van der Waals surface area (Å²) >= 11 is 1.40. The Bertz CT molecular complexity index is 1080. The predicted molar refractivity (Wildman–Crippen MR) is 101 cm³/mol. The van der Waals surface area contributed by atoms with Crippen LogP contribution >= 0.6 is 11.3 Å². The van der Waals surface area contributed by atoms with Gasteiger partial charge in [-0.05, 0) is 44.0 Å². The van der Waals surface area contributed by atoms with E-state index in [1.807, 2.05) is 31.4 Å². The fraction of sp³-hybridized carbons (Fsp3) is 0.333. The molecule has 0 saturated heterocycles. The fourth-order valence-corrected chi connectivity index (χ4v) is 3.90. The molecule has 0 aliphatic heterocycles. The Hall–Kier alpha value is -2.78. The number of hydrogen-bond donors (Lipinski definition) is 0. The Morgan fingerprint density at radius 3 is 2.81 bits per heavy atom. The molecule has 8 nitrogen and oxygen atoms in total. The van der Waals surface area contributed by atoms with Gasteiger partial charge in [-0.3, -0.25) is 14.9 Å². The maximum Gasteiger partial charge on any atom is 0.433 e. The summed E-state index contributed by atoms with van der Waals surface area (Å²) in [4.78, 5) is 27.1. The monoisotopic (exact) mass is 389 g/mol. The fourth-order valence-electron chi connectivity index (χ4n) is 2.80. The van der Waals surface area contributed by atoms with E-state index >= 15 is 0 Å². The molecule has 1 amide bonds. The van der Waals surface area contributed by atoms with E-state index < -0.39 is 16.7 Å². The van der Waals surface area contributed by atoms with Crippen molar-refractivity contribution in [1.82, 2.24) is 4.57 Å². The van der Waals surface area contributed by atoms with Crippen LogP contribution in [-0.4, -0.2) is 28.6 Å². The van der Waals surface area contributed by atoms with Crippen LogP contribution in [0.25, 0.3) is 10.2 Å². The van der Waals surface area contributed by atoms with Gasteiger partial charge in [0.2, 0.25) is 5.76 Å². The highest BCUT2D eigenvalue weighted by molar-refractivity contribution is 7.16. The normalized spacial score (nSPS) is 12.0. The number of thiazole rings is 1. The summed E-state index contributed by atoms with van der Waals surface area (Å²) in [6.45, 7) is 7.58. The molecule has 0 spiro atoms.